The molecule has 1 aliphatic heterocycles. The van der Waals surface area contributed by atoms with Crippen molar-refractivity contribution in [2.24, 2.45) is 5.92 Å². The van der Waals surface area contributed by atoms with E-state index in [2.05, 4.69) is 74.9 Å². The van der Waals surface area contributed by atoms with E-state index in [9.17, 15) is 4.79 Å². The molecule has 6 nitrogen and oxygen atoms in total. The fourth-order valence-electron chi connectivity index (χ4n) is 6.89. The molecule has 246 valence electrons. The zero-order chi connectivity index (χ0) is 32.8. The first-order valence-corrected chi connectivity index (χ1v) is 17.3. The maximum atomic E-state index is 13.9. The third-order valence-corrected chi connectivity index (χ3v) is 9.84. The van der Waals surface area contributed by atoms with Crippen LogP contribution in [0.25, 0.3) is 0 Å². The lowest BCUT2D eigenvalue weighted by molar-refractivity contribution is -0.118. The number of hydrogen-bond donors (Lipinski definition) is 1. The Kier molecular flexibility index (Phi) is 11.2. The molecule has 2 atom stereocenters. The predicted octanol–water partition coefficient (Wildman–Crippen LogP) is 9.10. The van der Waals surface area contributed by atoms with Crippen molar-refractivity contribution in [2.45, 2.75) is 90.3 Å². The van der Waals surface area contributed by atoms with E-state index in [-0.39, 0.29) is 24.5 Å². The topological polar surface area (TPSA) is 54.0 Å². The molecule has 5 rings (SSSR count). The Balaban J connectivity index is 1.37. The zero-order valence-corrected chi connectivity index (χ0v) is 28.9. The van der Waals surface area contributed by atoms with E-state index in [1.54, 1.807) is 7.11 Å². The quantitative estimate of drug-likeness (QED) is 0.201. The number of nitrogens with zero attached hydrogens (tertiary/aromatic N) is 2. The number of hydrogen-bond acceptors (Lipinski definition) is 5. The van der Waals surface area contributed by atoms with Gasteiger partial charge >= 0.3 is 0 Å². The van der Waals surface area contributed by atoms with Crippen LogP contribution >= 0.6 is 11.6 Å². The summed E-state index contributed by atoms with van der Waals surface area (Å²) in [4.78, 5) is 18.2. The van der Waals surface area contributed by atoms with Crippen LogP contribution in [0, 0.1) is 5.92 Å². The van der Waals surface area contributed by atoms with Crippen molar-refractivity contribution in [3.63, 3.8) is 0 Å². The van der Waals surface area contributed by atoms with Gasteiger partial charge in [0.2, 0.25) is 5.91 Å². The second-order valence-electron chi connectivity index (χ2n) is 13.0. The van der Waals surface area contributed by atoms with Crippen molar-refractivity contribution >= 4 is 28.9 Å². The van der Waals surface area contributed by atoms with Gasteiger partial charge in [-0.2, -0.15) is 0 Å². The van der Waals surface area contributed by atoms with Gasteiger partial charge in [-0.25, -0.2) is 0 Å². The lowest BCUT2D eigenvalue weighted by atomic mass is 9.85. The standard InChI is InChI=1S/C39H50ClN3O3/c1-7-9-26(3)41-32-16-10-28(11-17-32)25-42(5)33-18-20-34(21-19-33)43-38(44)23-30-22-36(45-6)37(46-27(4)8-2)24-35(30)39(43)29-12-14-31(40)15-13-29/h12-15,18-22,24,27-28,32,39,41H,3,7-11,16-17,23,25H2,1-2,4-6H3/t27-,28?,32?,39?/m1/s1. The smallest absolute Gasteiger partial charge is 0.232 e. The largest absolute Gasteiger partial charge is 0.493 e. The predicted molar refractivity (Wildman–Crippen MR) is 191 cm³/mol. The fraction of sp³-hybridized carbons (Fsp3) is 0.462. The third kappa shape index (κ3) is 7.83. The summed E-state index contributed by atoms with van der Waals surface area (Å²) in [7, 11) is 3.82. The highest BCUT2D eigenvalue weighted by Gasteiger charge is 2.36. The van der Waals surface area contributed by atoms with Gasteiger partial charge < -0.3 is 24.6 Å². The van der Waals surface area contributed by atoms with Crippen LogP contribution in [0.3, 0.4) is 0 Å². The number of benzene rings is 3. The normalized spacial score (nSPS) is 20.1. The molecule has 0 saturated heterocycles. The Labute approximate surface area is 280 Å². The van der Waals surface area contributed by atoms with Crippen LogP contribution in [0.1, 0.15) is 88.4 Å². The summed E-state index contributed by atoms with van der Waals surface area (Å²) in [6.45, 7) is 11.6. The highest BCUT2D eigenvalue weighted by molar-refractivity contribution is 6.30. The van der Waals surface area contributed by atoms with E-state index in [0.29, 0.717) is 28.5 Å². The minimum Gasteiger partial charge on any atom is -0.493 e. The Hall–Kier alpha value is -3.64. The van der Waals surface area contributed by atoms with Crippen molar-refractivity contribution in [2.75, 3.05) is 30.5 Å². The summed E-state index contributed by atoms with van der Waals surface area (Å²) in [5.41, 5.74) is 6.17. The van der Waals surface area contributed by atoms with Gasteiger partial charge in [0.25, 0.3) is 0 Å². The van der Waals surface area contributed by atoms with Crippen LogP contribution in [0.4, 0.5) is 11.4 Å². The van der Waals surface area contributed by atoms with Gasteiger partial charge in [0.1, 0.15) is 0 Å². The molecule has 0 spiro atoms. The number of allylic oxidation sites excluding steroid dienone is 1. The van der Waals surface area contributed by atoms with Gasteiger partial charge in [-0.1, -0.05) is 50.6 Å². The average Bonchev–Trinajstić information content (AvgIpc) is 3.05. The van der Waals surface area contributed by atoms with Crippen LogP contribution in [0.15, 0.2) is 72.9 Å². The lowest BCUT2D eigenvalue weighted by Gasteiger charge is -2.38. The molecular weight excluding hydrogens is 594 g/mol. The summed E-state index contributed by atoms with van der Waals surface area (Å²) in [6, 6.07) is 20.5. The Morgan fingerprint density at radius 3 is 2.37 bits per heavy atom. The lowest BCUT2D eigenvalue weighted by Crippen LogP contribution is -2.41. The highest BCUT2D eigenvalue weighted by Crippen LogP contribution is 2.44. The molecule has 3 aromatic rings. The number of halogens is 1. The van der Waals surface area contributed by atoms with Crippen molar-refractivity contribution < 1.29 is 14.3 Å². The third-order valence-electron chi connectivity index (χ3n) is 9.58. The number of carbonyl (C=O) groups is 1. The Bertz CT molecular complexity index is 1480. The van der Waals surface area contributed by atoms with Crippen LogP contribution in [0.5, 0.6) is 11.5 Å². The highest BCUT2D eigenvalue weighted by atomic mass is 35.5. The van der Waals surface area contributed by atoms with Gasteiger partial charge in [0.15, 0.2) is 11.5 Å². The minimum atomic E-state index is -0.334. The van der Waals surface area contributed by atoms with E-state index in [4.69, 9.17) is 21.1 Å². The monoisotopic (exact) mass is 643 g/mol. The molecule has 1 fully saturated rings. The van der Waals surface area contributed by atoms with Crippen LogP contribution < -0.4 is 24.6 Å². The minimum absolute atomic E-state index is 0.0318. The van der Waals surface area contributed by atoms with Crippen LogP contribution in [-0.4, -0.2) is 38.8 Å². The van der Waals surface area contributed by atoms with Gasteiger partial charge in [-0.15, -0.1) is 0 Å². The van der Waals surface area contributed by atoms with Gasteiger partial charge in [-0.05, 0) is 117 Å². The number of anilines is 2. The molecule has 3 aromatic carbocycles. The number of carbonyl (C=O) groups excluding carboxylic acids is 1. The van der Waals surface area contributed by atoms with Crippen molar-refractivity contribution in [1.82, 2.24) is 5.32 Å². The first-order chi connectivity index (χ1) is 22.2. The van der Waals surface area contributed by atoms with E-state index < -0.39 is 0 Å². The number of nitrogens with one attached hydrogen (secondary N) is 1. The fourth-order valence-corrected chi connectivity index (χ4v) is 7.01. The molecule has 1 aliphatic carbocycles. The number of ether oxygens (including phenoxy) is 2. The molecule has 2 aliphatic rings. The maximum Gasteiger partial charge on any atom is 0.232 e. The van der Waals surface area contributed by atoms with Crippen molar-refractivity contribution in [3.8, 4) is 11.5 Å². The summed E-state index contributed by atoms with van der Waals surface area (Å²) >= 11 is 6.30. The first kappa shape index (κ1) is 33.7. The summed E-state index contributed by atoms with van der Waals surface area (Å²) in [5.74, 6) is 2.05. The molecular formula is C39H50ClN3O3. The molecule has 1 unspecified atom stereocenters. The van der Waals surface area contributed by atoms with Crippen molar-refractivity contribution in [1.29, 1.82) is 0 Å². The molecule has 1 N–H and O–H groups in total. The van der Waals surface area contributed by atoms with E-state index in [1.165, 1.54) is 31.4 Å². The second kappa shape index (κ2) is 15.3. The van der Waals surface area contributed by atoms with Gasteiger partial charge in [-0.3, -0.25) is 4.79 Å². The molecule has 0 aromatic heterocycles. The van der Waals surface area contributed by atoms with Gasteiger partial charge in [0, 0.05) is 41.7 Å². The summed E-state index contributed by atoms with van der Waals surface area (Å²) in [5, 5.41) is 4.31. The average molecular weight is 644 g/mol. The van der Waals surface area contributed by atoms with E-state index in [1.807, 2.05) is 35.2 Å². The van der Waals surface area contributed by atoms with E-state index >= 15 is 0 Å². The molecule has 0 bridgehead atoms. The Morgan fingerprint density at radius 2 is 1.74 bits per heavy atom. The number of rotatable bonds is 13. The molecule has 46 heavy (non-hydrogen) atoms. The second-order valence-corrected chi connectivity index (χ2v) is 13.5. The number of fused-ring (bicyclic) bond motifs is 1. The van der Waals surface area contributed by atoms with Gasteiger partial charge in [0.05, 0.1) is 25.7 Å². The number of methoxy groups -OCH3 is 1. The summed E-state index contributed by atoms with van der Waals surface area (Å²) < 4.78 is 12.0. The zero-order valence-electron chi connectivity index (χ0n) is 28.2. The molecule has 1 amide bonds. The Morgan fingerprint density at radius 1 is 1.04 bits per heavy atom. The van der Waals surface area contributed by atoms with E-state index in [0.717, 1.165) is 53.9 Å². The molecule has 0 radical (unpaired) electrons. The van der Waals surface area contributed by atoms with Crippen LogP contribution in [0.2, 0.25) is 5.02 Å². The molecule has 1 heterocycles. The van der Waals surface area contributed by atoms with Crippen molar-refractivity contribution in [3.05, 3.63) is 94.7 Å². The maximum absolute atomic E-state index is 13.9. The first-order valence-electron chi connectivity index (χ1n) is 16.9. The molecule has 1 saturated carbocycles. The van der Waals surface area contributed by atoms with Crippen LogP contribution in [-0.2, 0) is 11.2 Å². The molecule has 7 heteroatoms. The SMILES string of the molecule is C=C(CCC)NC1CCC(CN(C)c2ccc(N3C(=O)Cc4cc(OC)c(O[C@H](C)CC)cc4C3c3ccc(Cl)cc3)cc2)CC1. The summed E-state index contributed by atoms with van der Waals surface area (Å²) in [6.07, 6.45) is 8.21. The number of amides is 1.